The highest BCUT2D eigenvalue weighted by molar-refractivity contribution is 7.16. The van der Waals surface area contributed by atoms with Gasteiger partial charge in [-0.3, -0.25) is 4.79 Å². The highest BCUT2D eigenvalue weighted by Gasteiger charge is 2.25. The summed E-state index contributed by atoms with van der Waals surface area (Å²) in [5.41, 5.74) is 0. The largest absolute Gasteiger partial charge is 0.336 e. The Morgan fingerprint density at radius 3 is 3.06 bits per heavy atom. The minimum Gasteiger partial charge on any atom is -0.336 e. The van der Waals surface area contributed by atoms with Crippen molar-refractivity contribution in [2.45, 2.75) is 19.4 Å². The molecule has 0 aromatic carbocycles. The smallest absolute Gasteiger partial charge is 0.222 e. The lowest BCUT2D eigenvalue weighted by molar-refractivity contribution is -0.134. The third kappa shape index (κ3) is 2.55. The van der Waals surface area contributed by atoms with Gasteiger partial charge in [0.25, 0.3) is 0 Å². The van der Waals surface area contributed by atoms with Crippen LogP contribution < -0.4 is 0 Å². The molecule has 1 saturated heterocycles. The second-order valence-corrected chi connectivity index (χ2v) is 5.64. The Bertz CT molecular complexity index is 437. The van der Waals surface area contributed by atoms with Gasteiger partial charge in [0.05, 0.1) is 22.9 Å². The molecular weight excluding hydrogens is 244 g/mol. The molecule has 1 atom stereocenters. The Hall–Kier alpha value is -1.05. The van der Waals surface area contributed by atoms with Crippen LogP contribution in [0.3, 0.4) is 0 Å². The van der Waals surface area contributed by atoms with E-state index in [0.29, 0.717) is 25.9 Å². The average Bonchev–Trinajstić information content (AvgIpc) is 2.67. The number of piperidine rings is 1. The number of rotatable bonds is 2. The fourth-order valence-corrected chi connectivity index (χ4v) is 2.90. The zero-order valence-electron chi connectivity index (χ0n) is 8.65. The molecule has 1 amide bonds. The Morgan fingerprint density at radius 1 is 1.62 bits per heavy atom. The van der Waals surface area contributed by atoms with E-state index in [2.05, 4.69) is 6.07 Å². The third-order valence-corrected chi connectivity index (χ3v) is 3.87. The number of halogens is 1. The molecule has 1 fully saturated rings. The van der Waals surface area contributed by atoms with E-state index in [0.717, 1.165) is 9.21 Å². The zero-order valence-corrected chi connectivity index (χ0v) is 10.2. The van der Waals surface area contributed by atoms with Crippen molar-refractivity contribution in [1.29, 1.82) is 5.26 Å². The molecular formula is C11H11ClN2OS. The van der Waals surface area contributed by atoms with Gasteiger partial charge in [-0.1, -0.05) is 11.6 Å². The molecule has 5 heteroatoms. The van der Waals surface area contributed by atoms with E-state index >= 15 is 0 Å². The van der Waals surface area contributed by atoms with Crippen molar-refractivity contribution in [3.8, 4) is 6.07 Å². The van der Waals surface area contributed by atoms with E-state index in [1.807, 2.05) is 12.1 Å². The van der Waals surface area contributed by atoms with Crippen molar-refractivity contribution in [3.05, 3.63) is 21.3 Å². The quantitative estimate of drug-likeness (QED) is 0.814. The summed E-state index contributed by atoms with van der Waals surface area (Å²) in [5.74, 6) is 0.115. The number of amides is 1. The maximum Gasteiger partial charge on any atom is 0.222 e. The molecule has 16 heavy (non-hydrogen) atoms. The molecule has 0 aliphatic carbocycles. The van der Waals surface area contributed by atoms with Gasteiger partial charge in [-0.05, 0) is 18.6 Å². The van der Waals surface area contributed by atoms with Crippen molar-refractivity contribution < 1.29 is 4.79 Å². The number of carbonyl (C=O) groups is 1. The Labute approximate surface area is 103 Å². The SMILES string of the molecule is N#CC1CCC(=O)N(Cc2ccc(Cl)s2)C1. The van der Waals surface area contributed by atoms with Gasteiger partial charge in [0.2, 0.25) is 5.91 Å². The first kappa shape index (κ1) is 11.4. The topological polar surface area (TPSA) is 44.1 Å². The molecule has 1 aromatic rings. The fourth-order valence-electron chi connectivity index (χ4n) is 1.80. The molecule has 2 heterocycles. The van der Waals surface area contributed by atoms with Crippen LogP contribution in [-0.2, 0) is 11.3 Å². The van der Waals surface area contributed by atoms with Crippen molar-refractivity contribution in [1.82, 2.24) is 4.90 Å². The van der Waals surface area contributed by atoms with Crippen LogP contribution in [0.25, 0.3) is 0 Å². The summed E-state index contributed by atoms with van der Waals surface area (Å²) in [4.78, 5) is 14.5. The lowest BCUT2D eigenvalue weighted by Gasteiger charge is -2.29. The molecule has 0 spiro atoms. The lowest BCUT2D eigenvalue weighted by atomic mass is 9.99. The summed E-state index contributed by atoms with van der Waals surface area (Å²) in [6.07, 6.45) is 1.17. The highest BCUT2D eigenvalue weighted by atomic mass is 35.5. The molecule has 0 radical (unpaired) electrons. The maximum absolute atomic E-state index is 11.7. The van der Waals surface area contributed by atoms with Gasteiger partial charge in [-0.15, -0.1) is 11.3 Å². The van der Waals surface area contributed by atoms with Crippen LogP contribution in [0, 0.1) is 17.2 Å². The minimum atomic E-state index is -0.0202. The second-order valence-electron chi connectivity index (χ2n) is 3.84. The summed E-state index contributed by atoms with van der Waals surface area (Å²) in [6, 6.07) is 5.99. The molecule has 0 N–H and O–H groups in total. The summed E-state index contributed by atoms with van der Waals surface area (Å²) >= 11 is 7.31. The van der Waals surface area contributed by atoms with Crippen molar-refractivity contribution >= 4 is 28.8 Å². The lowest BCUT2D eigenvalue weighted by Crippen LogP contribution is -2.38. The Kier molecular flexibility index (Phi) is 3.47. The molecule has 1 aliphatic heterocycles. The highest BCUT2D eigenvalue weighted by Crippen LogP contribution is 2.25. The predicted octanol–water partition coefficient (Wildman–Crippen LogP) is 2.66. The van der Waals surface area contributed by atoms with Crippen LogP contribution in [0.15, 0.2) is 12.1 Å². The van der Waals surface area contributed by atoms with E-state index in [1.54, 1.807) is 4.90 Å². The number of thiophene rings is 1. The van der Waals surface area contributed by atoms with Crippen molar-refractivity contribution in [2.24, 2.45) is 5.92 Å². The predicted molar refractivity (Wildman–Crippen MR) is 63.1 cm³/mol. The van der Waals surface area contributed by atoms with Gasteiger partial charge >= 0.3 is 0 Å². The average molecular weight is 255 g/mol. The van der Waals surface area contributed by atoms with Crippen molar-refractivity contribution in [3.63, 3.8) is 0 Å². The zero-order chi connectivity index (χ0) is 11.5. The number of nitrogens with zero attached hydrogens (tertiary/aromatic N) is 2. The van der Waals surface area contributed by atoms with E-state index in [-0.39, 0.29) is 11.8 Å². The molecule has 0 bridgehead atoms. The van der Waals surface area contributed by atoms with Crippen LogP contribution >= 0.6 is 22.9 Å². The number of carbonyl (C=O) groups excluding carboxylic acids is 1. The van der Waals surface area contributed by atoms with Crippen LogP contribution in [-0.4, -0.2) is 17.4 Å². The standard InChI is InChI=1S/C11H11ClN2OS/c12-10-3-2-9(16-10)7-14-6-8(5-13)1-4-11(14)15/h2-3,8H,1,4,6-7H2. The molecule has 84 valence electrons. The maximum atomic E-state index is 11.7. The van der Waals surface area contributed by atoms with Gasteiger partial charge in [0.1, 0.15) is 0 Å². The number of hydrogen-bond acceptors (Lipinski definition) is 3. The summed E-state index contributed by atoms with van der Waals surface area (Å²) < 4.78 is 0.733. The first-order valence-corrected chi connectivity index (χ1v) is 6.30. The summed E-state index contributed by atoms with van der Waals surface area (Å²) in [7, 11) is 0. The van der Waals surface area contributed by atoms with Gasteiger partial charge in [-0.25, -0.2) is 0 Å². The normalized spacial score (nSPS) is 20.9. The van der Waals surface area contributed by atoms with E-state index in [9.17, 15) is 4.79 Å². The second kappa shape index (κ2) is 4.86. The third-order valence-electron chi connectivity index (χ3n) is 2.66. The van der Waals surface area contributed by atoms with Gasteiger partial charge in [-0.2, -0.15) is 5.26 Å². The molecule has 1 aliphatic rings. The number of hydrogen-bond donors (Lipinski definition) is 0. The van der Waals surface area contributed by atoms with Gasteiger partial charge < -0.3 is 4.90 Å². The van der Waals surface area contributed by atoms with Crippen LogP contribution in [0.4, 0.5) is 0 Å². The van der Waals surface area contributed by atoms with Crippen LogP contribution in [0.5, 0.6) is 0 Å². The van der Waals surface area contributed by atoms with Crippen LogP contribution in [0.2, 0.25) is 4.34 Å². The van der Waals surface area contributed by atoms with Gasteiger partial charge in [0, 0.05) is 17.8 Å². The first-order chi connectivity index (χ1) is 7.69. The molecule has 2 rings (SSSR count). The van der Waals surface area contributed by atoms with E-state index < -0.39 is 0 Å². The number of likely N-dealkylation sites (tertiary alicyclic amines) is 1. The van der Waals surface area contributed by atoms with E-state index in [4.69, 9.17) is 16.9 Å². The first-order valence-electron chi connectivity index (χ1n) is 5.10. The summed E-state index contributed by atoms with van der Waals surface area (Å²) in [6.45, 7) is 1.12. The molecule has 3 nitrogen and oxygen atoms in total. The molecule has 1 aromatic heterocycles. The molecule has 0 saturated carbocycles. The Balaban J connectivity index is 2.03. The monoisotopic (exact) mass is 254 g/mol. The van der Waals surface area contributed by atoms with Crippen LogP contribution in [0.1, 0.15) is 17.7 Å². The van der Waals surface area contributed by atoms with Gasteiger partial charge in [0.15, 0.2) is 0 Å². The van der Waals surface area contributed by atoms with Crippen molar-refractivity contribution in [2.75, 3.05) is 6.54 Å². The number of nitriles is 1. The molecule has 1 unspecified atom stereocenters. The fraction of sp³-hybridized carbons (Fsp3) is 0.455. The summed E-state index contributed by atoms with van der Waals surface area (Å²) in [5, 5.41) is 8.86. The Morgan fingerprint density at radius 2 is 2.44 bits per heavy atom. The minimum absolute atomic E-state index is 0.0202. The van der Waals surface area contributed by atoms with E-state index in [1.165, 1.54) is 11.3 Å².